The van der Waals surface area contributed by atoms with Gasteiger partial charge in [-0.2, -0.15) is 0 Å². The van der Waals surface area contributed by atoms with E-state index >= 15 is 0 Å². The van der Waals surface area contributed by atoms with Gasteiger partial charge in [-0.3, -0.25) is 0 Å². The quantitative estimate of drug-likeness (QED) is 0.520. The lowest BCUT2D eigenvalue weighted by Gasteiger charge is -2.44. The first-order valence-electron chi connectivity index (χ1n) is 10.2. The van der Waals surface area contributed by atoms with Crippen LogP contribution in [0.15, 0.2) is 77.7 Å². The van der Waals surface area contributed by atoms with Crippen molar-refractivity contribution in [3.05, 3.63) is 72.8 Å². The summed E-state index contributed by atoms with van der Waals surface area (Å²) >= 11 is 0. The van der Waals surface area contributed by atoms with Crippen LogP contribution in [0.4, 0.5) is 17.1 Å². The van der Waals surface area contributed by atoms with Gasteiger partial charge < -0.3 is 25.2 Å². The molecule has 0 spiro atoms. The predicted molar refractivity (Wildman–Crippen MR) is 121 cm³/mol. The van der Waals surface area contributed by atoms with Gasteiger partial charge in [-0.1, -0.05) is 30.3 Å². The highest BCUT2D eigenvalue weighted by Crippen LogP contribution is 2.48. The summed E-state index contributed by atoms with van der Waals surface area (Å²) in [7, 11) is -3.90. The van der Waals surface area contributed by atoms with Crippen LogP contribution in [-0.2, 0) is 14.8 Å². The summed E-state index contributed by atoms with van der Waals surface area (Å²) in [5.41, 5.74) is 7.63. The lowest BCUT2D eigenvalue weighted by atomic mass is 9.98. The van der Waals surface area contributed by atoms with Crippen molar-refractivity contribution in [2.24, 2.45) is 0 Å². The van der Waals surface area contributed by atoms with Gasteiger partial charge in [0.05, 0.1) is 47.7 Å². The largest absolute Gasteiger partial charge is 0.453 e. The highest BCUT2D eigenvalue weighted by molar-refractivity contribution is 7.89. The van der Waals surface area contributed by atoms with Crippen molar-refractivity contribution in [2.45, 2.75) is 23.1 Å². The maximum absolute atomic E-state index is 12.9. The number of aliphatic hydroxyl groups is 1. The van der Waals surface area contributed by atoms with Crippen molar-refractivity contribution in [1.82, 2.24) is 4.72 Å². The van der Waals surface area contributed by atoms with Crippen LogP contribution in [0.25, 0.3) is 0 Å². The van der Waals surface area contributed by atoms with Gasteiger partial charge in [-0.15, -0.1) is 0 Å². The van der Waals surface area contributed by atoms with E-state index in [-0.39, 0.29) is 18.1 Å². The third kappa shape index (κ3) is 3.69. The molecule has 2 aliphatic rings. The Hall–Kier alpha value is -3.11. The van der Waals surface area contributed by atoms with Crippen LogP contribution in [-0.4, -0.2) is 44.9 Å². The number of hydrogen-bond donors (Lipinski definition) is 3. The lowest BCUT2D eigenvalue weighted by Crippen LogP contribution is -2.60. The number of nitrogen functional groups attached to an aromatic ring is 1. The molecule has 5 rings (SSSR count). The maximum atomic E-state index is 12.9. The van der Waals surface area contributed by atoms with Crippen LogP contribution in [0, 0.1) is 0 Å². The average Bonchev–Trinajstić information content (AvgIpc) is 2.79. The molecule has 1 saturated heterocycles. The Morgan fingerprint density at radius 2 is 1.59 bits per heavy atom. The molecule has 0 aromatic heterocycles. The number of nitrogens with zero attached hydrogens (tertiary/aromatic N) is 1. The van der Waals surface area contributed by atoms with Crippen molar-refractivity contribution in [3.8, 4) is 11.5 Å². The van der Waals surface area contributed by atoms with Gasteiger partial charge in [0.1, 0.15) is 0 Å². The lowest BCUT2D eigenvalue weighted by molar-refractivity contribution is -0.0244. The first kappa shape index (κ1) is 20.8. The van der Waals surface area contributed by atoms with E-state index in [1.54, 1.807) is 12.1 Å². The summed E-state index contributed by atoms with van der Waals surface area (Å²) in [5, 5.41) is 11.3. The van der Waals surface area contributed by atoms with Gasteiger partial charge in [-0.05, 0) is 42.5 Å². The molecule has 166 valence electrons. The molecule has 2 aliphatic heterocycles. The summed E-state index contributed by atoms with van der Waals surface area (Å²) in [6.07, 6.45) is -1.04. The number of ether oxygens (including phenoxy) is 2. The highest BCUT2D eigenvalue weighted by Gasteiger charge is 2.41. The van der Waals surface area contributed by atoms with Gasteiger partial charge in [0.2, 0.25) is 10.0 Å². The first-order chi connectivity index (χ1) is 15.4. The van der Waals surface area contributed by atoms with Crippen molar-refractivity contribution < 1.29 is 23.0 Å². The Balaban J connectivity index is 1.47. The zero-order valence-electron chi connectivity index (χ0n) is 17.1. The zero-order chi connectivity index (χ0) is 22.3. The number of fused-ring (bicyclic) bond motifs is 2. The molecule has 0 bridgehead atoms. The molecule has 0 saturated carbocycles. The maximum Gasteiger partial charge on any atom is 0.241 e. The first-order valence-corrected chi connectivity index (χ1v) is 11.7. The summed E-state index contributed by atoms with van der Waals surface area (Å²) in [6.45, 7) is 0.271. The summed E-state index contributed by atoms with van der Waals surface area (Å²) in [5.74, 6) is 1.31. The molecule has 0 radical (unpaired) electrons. The van der Waals surface area contributed by atoms with Gasteiger partial charge in [-0.25, -0.2) is 13.1 Å². The van der Waals surface area contributed by atoms with E-state index in [1.807, 2.05) is 53.4 Å². The smallest absolute Gasteiger partial charge is 0.241 e. The van der Waals surface area contributed by atoms with E-state index < -0.39 is 28.2 Å². The Labute approximate surface area is 186 Å². The van der Waals surface area contributed by atoms with E-state index in [1.165, 1.54) is 12.1 Å². The van der Waals surface area contributed by atoms with Crippen LogP contribution in [0.2, 0.25) is 0 Å². The van der Waals surface area contributed by atoms with Crippen LogP contribution in [0.3, 0.4) is 0 Å². The zero-order valence-corrected chi connectivity index (χ0v) is 17.9. The van der Waals surface area contributed by atoms with E-state index in [0.717, 1.165) is 11.4 Å². The van der Waals surface area contributed by atoms with Gasteiger partial charge in [0, 0.05) is 5.69 Å². The number of aliphatic hydroxyl groups excluding tert-OH is 1. The van der Waals surface area contributed by atoms with Crippen LogP contribution in [0.1, 0.15) is 0 Å². The highest BCUT2D eigenvalue weighted by atomic mass is 32.2. The molecule has 3 aromatic carbocycles. The fraction of sp³-hybridized carbons (Fsp3) is 0.217. The number of sulfonamides is 1. The summed E-state index contributed by atoms with van der Waals surface area (Å²) < 4.78 is 40.2. The Kier molecular flexibility index (Phi) is 5.26. The van der Waals surface area contributed by atoms with Crippen molar-refractivity contribution in [3.63, 3.8) is 0 Å². The van der Waals surface area contributed by atoms with Crippen molar-refractivity contribution in [1.29, 1.82) is 0 Å². The monoisotopic (exact) mass is 453 g/mol. The number of benzene rings is 3. The third-order valence-electron chi connectivity index (χ3n) is 5.67. The Bertz CT molecular complexity index is 1200. The van der Waals surface area contributed by atoms with E-state index in [4.69, 9.17) is 15.2 Å². The van der Waals surface area contributed by atoms with Gasteiger partial charge in [0.15, 0.2) is 11.5 Å². The van der Waals surface area contributed by atoms with Crippen LogP contribution >= 0.6 is 0 Å². The summed E-state index contributed by atoms with van der Waals surface area (Å²) in [6, 6.07) is 19.7. The van der Waals surface area contributed by atoms with Crippen LogP contribution in [0.5, 0.6) is 11.5 Å². The van der Waals surface area contributed by atoms with Gasteiger partial charge in [0.25, 0.3) is 0 Å². The third-order valence-corrected chi connectivity index (χ3v) is 7.16. The fourth-order valence-electron chi connectivity index (χ4n) is 4.15. The SMILES string of the molecule is Nc1cccc(S(=O)(=O)N[C@@H]2COC[C@H](N3c4ccccc4Oc4ccccc43)[C@H]2O)c1. The second-order valence-electron chi connectivity index (χ2n) is 7.80. The number of nitrogens with one attached hydrogen (secondary N) is 1. The Morgan fingerprint density at radius 1 is 0.938 bits per heavy atom. The molecule has 3 aromatic rings. The molecule has 8 nitrogen and oxygen atoms in total. The number of rotatable bonds is 4. The molecule has 4 N–H and O–H groups in total. The van der Waals surface area contributed by atoms with E-state index in [2.05, 4.69) is 4.72 Å². The van der Waals surface area contributed by atoms with E-state index in [9.17, 15) is 13.5 Å². The number of anilines is 3. The number of nitrogens with two attached hydrogens (primary N) is 1. The molecule has 0 aliphatic carbocycles. The normalized spacial score (nSPS) is 22.5. The molecule has 0 amide bonds. The minimum Gasteiger partial charge on any atom is -0.453 e. The van der Waals surface area contributed by atoms with Crippen molar-refractivity contribution in [2.75, 3.05) is 23.8 Å². The predicted octanol–water partition coefficient (Wildman–Crippen LogP) is 2.62. The molecule has 0 unspecified atom stereocenters. The molecule has 32 heavy (non-hydrogen) atoms. The molecule has 2 heterocycles. The fourth-order valence-corrected chi connectivity index (χ4v) is 5.44. The van der Waals surface area contributed by atoms with E-state index in [0.29, 0.717) is 17.2 Å². The minimum absolute atomic E-state index is 0.0360. The Morgan fingerprint density at radius 3 is 2.25 bits per heavy atom. The number of hydrogen-bond acceptors (Lipinski definition) is 7. The topological polar surface area (TPSA) is 114 Å². The van der Waals surface area contributed by atoms with Crippen LogP contribution < -0.4 is 20.1 Å². The van der Waals surface area contributed by atoms with Crippen molar-refractivity contribution >= 4 is 27.1 Å². The average molecular weight is 454 g/mol. The summed E-state index contributed by atoms with van der Waals surface area (Å²) in [4.78, 5) is 1.99. The molecule has 9 heteroatoms. The standard InChI is InChI=1S/C23H23N3O5S/c24-15-6-5-7-16(12-15)32(28,29)25-17-13-30-14-20(23(17)27)26-18-8-1-3-10-21(18)31-22-11-4-2-9-19(22)26/h1-12,17,20,23,25,27H,13-14,24H2/t17-,20+,23+/m1/s1. The molecular weight excluding hydrogens is 430 g/mol. The minimum atomic E-state index is -3.90. The molecule has 3 atom stereocenters. The van der Waals surface area contributed by atoms with Gasteiger partial charge >= 0.3 is 0 Å². The second kappa shape index (κ2) is 8.10. The second-order valence-corrected chi connectivity index (χ2v) is 9.52. The number of para-hydroxylation sites is 4. The molecule has 1 fully saturated rings. The molecular formula is C23H23N3O5S.